The second-order valence-electron chi connectivity index (χ2n) is 7.03. The summed E-state index contributed by atoms with van der Waals surface area (Å²) in [6.45, 7) is 16.1. The van der Waals surface area contributed by atoms with Gasteiger partial charge in [0.25, 0.3) is 0 Å². The first-order chi connectivity index (χ1) is 10.4. The van der Waals surface area contributed by atoms with Crippen LogP contribution >= 0.6 is 0 Å². The van der Waals surface area contributed by atoms with Gasteiger partial charge in [-0.3, -0.25) is 4.90 Å². The highest BCUT2D eigenvalue weighted by Gasteiger charge is 2.22. The molecule has 1 aliphatic rings. The fourth-order valence-corrected chi connectivity index (χ4v) is 3.40. The zero-order valence-corrected chi connectivity index (χ0v) is 15.1. The Balaban J connectivity index is 2.17. The summed E-state index contributed by atoms with van der Waals surface area (Å²) in [4.78, 5) is 2.60. The zero-order valence-electron chi connectivity index (χ0n) is 15.1. The molecule has 1 unspecified atom stereocenters. The summed E-state index contributed by atoms with van der Waals surface area (Å²) >= 11 is 0. The predicted octanol–water partition coefficient (Wildman–Crippen LogP) is 5.76. The molecule has 0 N–H and O–H groups in total. The van der Waals surface area contributed by atoms with Gasteiger partial charge in [0.15, 0.2) is 0 Å². The third-order valence-electron chi connectivity index (χ3n) is 5.34. The van der Waals surface area contributed by atoms with Crippen LogP contribution in [-0.2, 0) is 0 Å². The molecule has 1 heteroatoms. The van der Waals surface area contributed by atoms with Gasteiger partial charge in [-0.05, 0) is 56.7 Å². The quantitative estimate of drug-likeness (QED) is 0.682. The average molecular weight is 297 g/mol. The van der Waals surface area contributed by atoms with Crippen molar-refractivity contribution in [1.29, 1.82) is 0 Å². The number of benzene rings is 1. The van der Waals surface area contributed by atoms with E-state index in [-0.39, 0.29) is 0 Å². The van der Waals surface area contributed by atoms with Gasteiger partial charge in [-0.1, -0.05) is 55.3 Å². The van der Waals surface area contributed by atoms with Gasteiger partial charge in [0.2, 0.25) is 0 Å². The van der Waals surface area contributed by atoms with Crippen molar-refractivity contribution < 1.29 is 0 Å². The van der Waals surface area contributed by atoms with Crippen molar-refractivity contribution in [2.75, 3.05) is 13.1 Å². The van der Waals surface area contributed by atoms with Gasteiger partial charge in [0.05, 0.1) is 0 Å². The molecule has 0 radical (unpaired) electrons. The van der Waals surface area contributed by atoms with E-state index in [2.05, 4.69) is 76.8 Å². The molecule has 120 valence electrons. The number of hydrogen-bond acceptors (Lipinski definition) is 1. The van der Waals surface area contributed by atoms with Crippen LogP contribution in [0.4, 0.5) is 0 Å². The van der Waals surface area contributed by atoms with Gasteiger partial charge in [0.1, 0.15) is 0 Å². The molecular weight excluding hydrogens is 266 g/mol. The van der Waals surface area contributed by atoms with E-state index in [1.165, 1.54) is 17.6 Å². The number of hydrogen-bond donors (Lipinski definition) is 0. The van der Waals surface area contributed by atoms with Crippen molar-refractivity contribution in [3.8, 4) is 0 Å². The molecule has 2 rings (SSSR count). The van der Waals surface area contributed by atoms with Crippen LogP contribution in [0, 0.1) is 5.92 Å². The molecule has 0 aromatic heterocycles. The summed E-state index contributed by atoms with van der Waals surface area (Å²) in [5, 5.41) is 0. The summed E-state index contributed by atoms with van der Waals surface area (Å²) in [5.41, 5.74) is 7.64. The molecular formula is C21H31N. The maximum Gasteiger partial charge on any atom is 0.0323 e. The van der Waals surface area contributed by atoms with Gasteiger partial charge in [-0.15, -0.1) is 0 Å². The van der Waals surface area contributed by atoms with Gasteiger partial charge < -0.3 is 0 Å². The Kier molecular flexibility index (Phi) is 5.63. The minimum atomic E-state index is 0.494. The lowest BCUT2D eigenvalue weighted by atomic mass is 9.88. The molecule has 1 aromatic carbocycles. The fourth-order valence-electron chi connectivity index (χ4n) is 3.40. The van der Waals surface area contributed by atoms with Crippen LogP contribution in [0.25, 0.3) is 0 Å². The second kappa shape index (κ2) is 7.28. The molecule has 22 heavy (non-hydrogen) atoms. The Labute approximate surface area is 136 Å². The summed E-state index contributed by atoms with van der Waals surface area (Å²) in [6.07, 6.45) is 1.18. The zero-order chi connectivity index (χ0) is 16.3. The van der Waals surface area contributed by atoms with E-state index in [9.17, 15) is 0 Å². The first kappa shape index (κ1) is 17.0. The van der Waals surface area contributed by atoms with E-state index >= 15 is 0 Å². The molecule has 0 saturated heterocycles. The van der Waals surface area contributed by atoms with Crippen LogP contribution in [0.5, 0.6) is 0 Å². The molecule has 0 fully saturated rings. The average Bonchev–Trinajstić information content (AvgIpc) is 2.53. The standard InChI is InChI=1S/C21H31N/c1-15(2)17(4)18(5)21-12-13-22(14-16(21)3)19(6)20-10-8-7-9-11-20/h7-11,15,19H,12-14H2,1-6H3/b18-17+. The van der Waals surface area contributed by atoms with Gasteiger partial charge in [-0.2, -0.15) is 0 Å². The molecule has 1 nitrogen and oxygen atoms in total. The largest absolute Gasteiger partial charge is 0.292 e. The van der Waals surface area contributed by atoms with Crippen molar-refractivity contribution in [1.82, 2.24) is 4.90 Å². The highest BCUT2D eigenvalue weighted by Crippen LogP contribution is 2.32. The molecule has 0 aliphatic carbocycles. The Bertz CT molecular complexity index is 563. The van der Waals surface area contributed by atoms with Crippen molar-refractivity contribution in [3.05, 3.63) is 58.2 Å². The highest BCUT2D eigenvalue weighted by atomic mass is 15.2. The van der Waals surface area contributed by atoms with Crippen LogP contribution in [0.15, 0.2) is 52.6 Å². The third-order valence-corrected chi connectivity index (χ3v) is 5.34. The summed E-state index contributed by atoms with van der Waals surface area (Å²) in [7, 11) is 0. The first-order valence-electron chi connectivity index (χ1n) is 8.57. The SMILES string of the molecule is CC1=C(/C(C)=C(\C)C(C)C)CCN(C(C)c2ccccc2)C1. The summed E-state index contributed by atoms with van der Waals surface area (Å²) < 4.78 is 0. The van der Waals surface area contributed by atoms with E-state index in [1.807, 2.05) is 0 Å². The van der Waals surface area contributed by atoms with E-state index in [4.69, 9.17) is 0 Å². The maximum absolute atomic E-state index is 2.60. The predicted molar refractivity (Wildman–Crippen MR) is 97.0 cm³/mol. The van der Waals surface area contributed by atoms with Gasteiger partial charge in [0, 0.05) is 19.1 Å². The molecule has 1 aromatic rings. The Hall–Kier alpha value is -1.34. The van der Waals surface area contributed by atoms with Crippen molar-refractivity contribution >= 4 is 0 Å². The number of rotatable bonds is 4. The smallest absolute Gasteiger partial charge is 0.0323 e. The van der Waals surface area contributed by atoms with Crippen LogP contribution in [0.1, 0.15) is 59.6 Å². The van der Waals surface area contributed by atoms with E-state index in [0.29, 0.717) is 12.0 Å². The van der Waals surface area contributed by atoms with E-state index < -0.39 is 0 Å². The minimum Gasteiger partial charge on any atom is -0.292 e. The van der Waals surface area contributed by atoms with E-state index in [1.54, 1.807) is 16.7 Å². The van der Waals surface area contributed by atoms with Crippen LogP contribution in [0.2, 0.25) is 0 Å². The third kappa shape index (κ3) is 3.70. The fraction of sp³-hybridized carbons (Fsp3) is 0.524. The number of nitrogens with zero attached hydrogens (tertiary/aromatic N) is 1. The Morgan fingerprint density at radius 1 is 1.05 bits per heavy atom. The molecule has 1 aliphatic heterocycles. The van der Waals surface area contributed by atoms with Crippen molar-refractivity contribution in [2.24, 2.45) is 5.92 Å². The second-order valence-corrected chi connectivity index (χ2v) is 7.03. The highest BCUT2D eigenvalue weighted by molar-refractivity contribution is 5.39. The van der Waals surface area contributed by atoms with Crippen LogP contribution in [0.3, 0.4) is 0 Å². The Morgan fingerprint density at radius 3 is 2.23 bits per heavy atom. The van der Waals surface area contributed by atoms with Gasteiger partial charge >= 0.3 is 0 Å². The molecule has 1 atom stereocenters. The number of allylic oxidation sites excluding steroid dienone is 2. The summed E-state index contributed by atoms with van der Waals surface area (Å²) in [6, 6.07) is 11.4. The molecule has 0 amide bonds. The molecule has 0 saturated carbocycles. The monoisotopic (exact) mass is 297 g/mol. The first-order valence-corrected chi connectivity index (χ1v) is 8.57. The lowest BCUT2D eigenvalue weighted by molar-refractivity contribution is 0.221. The molecule has 0 bridgehead atoms. The lowest BCUT2D eigenvalue weighted by Gasteiger charge is -2.35. The van der Waals surface area contributed by atoms with Crippen LogP contribution in [-0.4, -0.2) is 18.0 Å². The summed E-state index contributed by atoms with van der Waals surface area (Å²) in [5.74, 6) is 0.640. The lowest BCUT2D eigenvalue weighted by Crippen LogP contribution is -2.33. The molecule has 1 heterocycles. The Morgan fingerprint density at radius 2 is 1.68 bits per heavy atom. The van der Waals surface area contributed by atoms with E-state index in [0.717, 1.165) is 13.1 Å². The maximum atomic E-state index is 2.60. The topological polar surface area (TPSA) is 3.24 Å². The van der Waals surface area contributed by atoms with Gasteiger partial charge in [-0.25, -0.2) is 0 Å². The van der Waals surface area contributed by atoms with Crippen molar-refractivity contribution in [2.45, 2.75) is 54.0 Å². The molecule has 0 spiro atoms. The minimum absolute atomic E-state index is 0.494. The normalized spacial score (nSPS) is 19.4. The van der Waals surface area contributed by atoms with Crippen molar-refractivity contribution in [3.63, 3.8) is 0 Å². The van der Waals surface area contributed by atoms with Crippen LogP contribution < -0.4 is 0 Å².